The van der Waals surface area contributed by atoms with Crippen LogP contribution < -0.4 is 0 Å². The van der Waals surface area contributed by atoms with E-state index in [9.17, 15) is 13.8 Å². The monoisotopic (exact) mass is 375 g/mol. The lowest BCUT2D eigenvalue weighted by Gasteiger charge is -2.18. The lowest BCUT2D eigenvalue weighted by Crippen LogP contribution is -2.20. The summed E-state index contributed by atoms with van der Waals surface area (Å²) in [6, 6.07) is 19.0. The summed E-state index contributed by atoms with van der Waals surface area (Å²) >= 11 is 0. The Hall–Kier alpha value is -3.05. The van der Waals surface area contributed by atoms with Crippen LogP contribution in [0.2, 0.25) is 0 Å². The minimum absolute atomic E-state index is 0.213. The van der Waals surface area contributed by atoms with Gasteiger partial charge in [-0.15, -0.1) is 0 Å². The first-order valence-electron chi connectivity index (χ1n) is 8.49. The zero-order chi connectivity index (χ0) is 19.2. The van der Waals surface area contributed by atoms with E-state index in [0.717, 1.165) is 5.56 Å². The number of aryl methyl sites for hydroxylation is 1. The van der Waals surface area contributed by atoms with Crippen molar-refractivity contribution < 1.29 is 13.8 Å². The molecular formula is C22H17NO3S. The average molecular weight is 375 g/mol. The number of benzene rings is 3. The topological polar surface area (TPSA) is 63.6 Å². The van der Waals surface area contributed by atoms with Gasteiger partial charge in [0.05, 0.1) is 21.0 Å². The number of carbonyl (C=O) groups is 2. The molecule has 0 amide bonds. The van der Waals surface area contributed by atoms with Crippen molar-refractivity contribution in [2.45, 2.75) is 11.8 Å². The maximum Gasteiger partial charge on any atom is 0.196 e. The van der Waals surface area contributed by atoms with Gasteiger partial charge >= 0.3 is 0 Å². The number of hydrogen-bond acceptors (Lipinski definition) is 4. The van der Waals surface area contributed by atoms with Gasteiger partial charge in [-0.05, 0) is 25.1 Å². The van der Waals surface area contributed by atoms with Gasteiger partial charge in [-0.2, -0.15) is 4.36 Å². The Morgan fingerprint density at radius 1 is 0.741 bits per heavy atom. The van der Waals surface area contributed by atoms with Crippen LogP contribution in [0.1, 0.15) is 37.4 Å². The molecule has 0 aliphatic heterocycles. The Labute approximate surface area is 158 Å². The molecule has 0 radical (unpaired) electrons. The van der Waals surface area contributed by atoms with E-state index in [1.807, 2.05) is 19.1 Å². The van der Waals surface area contributed by atoms with Crippen molar-refractivity contribution in [2.24, 2.45) is 4.36 Å². The van der Waals surface area contributed by atoms with E-state index in [1.54, 1.807) is 60.9 Å². The fourth-order valence-electron chi connectivity index (χ4n) is 3.23. The summed E-state index contributed by atoms with van der Waals surface area (Å²) in [5, 5.41) is 0. The third-order valence-corrected chi connectivity index (χ3v) is 6.35. The minimum Gasteiger partial charge on any atom is -0.289 e. The first-order chi connectivity index (χ1) is 12.9. The van der Waals surface area contributed by atoms with E-state index in [0.29, 0.717) is 21.6 Å². The Balaban J connectivity index is 1.92. The SMILES string of the molecule is Cc1ccc([S@](C)(=O)=Nc2cccc3c2C(=O)c2ccccc2C3=O)cc1. The van der Waals surface area contributed by atoms with E-state index in [1.165, 1.54) is 0 Å². The Morgan fingerprint density at radius 3 is 2.00 bits per heavy atom. The second kappa shape index (κ2) is 6.28. The van der Waals surface area contributed by atoms with Crippen molar-refractivity contribution >= 4 is 27.0 Å². The molecule has 0 unspecified atom stereocenters. The number of rotatable bonds is 2. The molecule has 0 heterocycles. The molecule has 1 atom stereocenters. The van der Waals surface area contributed by atoms with Gasteiger partial charge in [0.2, 0.25) is 0 Å². The van der Waals surface area contributed by atoms with Crippen LogP contribution in [-0.2, 0) is 9.73 Å². The van der Waals surface area contributed by atoms with Crippen molar-refractivity contribution in [3.63, 3.8) is 0 Å². The van der Waals surface area contributed by atoms with Crippen molar-refractivity contribution in [3.8, 4) is 0 Å². The summed E-state index contributed by atoms with van der Waals surface area (Å²) in [7, 11) is -2.77. The van der Waals surface area contributed by atoms with Gasteiger partial charge in [-0.25, -0.2) is 4.21 Å². The van der Waals surface area contributed by atoms with Crippen molar-refractivity contribution in [1.29, 1.82) is 0 Å². The molecular weight excluding hydrogens is 358 g/mol. The fraction of sp³-hybridized carbons (Fsp3) is 0.0909. The van der Waals surface area contributed by atoms with Crippen molar-refractivity contribution in [3.05, 3.63) is 94.5 Å². The van der Waals surface area contributed by atoms with Crippen LogP contribution in [0.15, 0.2) is 76.0 Å². The predicted molar refractivity (Wildman–Crippen MR) is 105 cm³/mol. The fourth-order valence-corrected chi connectivity index (χ4v) is 4.51. The maximum atomic E-state index is 13.2. The maximum absolute atomic E-state index is 13.2. The van der Waals surface area contributed by atoms with E-state index in [4.69, 9.17) is 0 Å². The number of nitrogens with zero attached hydrogens (tertiary/aromatic N) is 1. The molecule has 4 nitrogen and oxygen atoms in total. The van der Waals surface area contributed by atoms with E-state index < -0.39 is 9.73 Å². The lowest BCUT2D eigenvalue weighted by atomic mass is 9.83. The van der Waals surface area contributed by atoms with Crippen LogP contribution >= 0.6 is 0 Å². The average Bonchev–Trinajstić information content (AvgIpc) is 2.66. The molecule has 0 saturated heterocycles. The van der Waals surface area contributed by atoms with Crippen molar-refractivity contribution in [2.75, 3.05) is 6.26 Å². The molecule has 0 bridgehead atoms. The molecule has 5 heteroatoms. The quantitative estimate of drug-likeness (QED) is 0.516. The number of ketones is 2. The van der Waals surface area contributed by atoms with Gasteiger partial charge in [0.1, 0.15) is 0 Å². The summed E-state index contributed by atoms with van der Waals surface area (Å²) < 4.78 is 17.6. The van der Waals surface area contributed by atoms with Gasteiger partial charge in [0.15, 0.2) is 11.6 Å². The zero-order valence-electron chi connectivity index (χ0n) is 14.9. The Kier molecular flexibility index (Phi) is 4.04. The highest BCUT2D eigenvalue weighted by molar-refractivity contribution is 7.93. The summed E-state index contributed by atoms with van der Waals surface area (Å²) in [5.41, 5.74) is 2.62. The molecule has 0 spiro atoms. The minimum atomic E-state index is -2.77. The van der Waals surface area contributed by atoms with Crippen LogP contribution in [0.25, 0.3) is 0 Å². The lowest BCUT2D eigenvalue weighted by molar-refractivity contribution is 0.0979. The largest absolute Gasteiger partial charge is 0.289 e. The molecule has 27 heavy (non-hydrogen) atoms. The third kappa shape index (κ3) is 2.90. The summed E-state index contributed by atoms with van der Waals surface area (Å²) in [5.74, 6) is -0.478. The first kappa shape index (κ1) is 17.4. The second-order valence-corrected chi connectivity index (χ2v) is 8.87. The van der Waals surface area contributed by atoms with Crippen LogP contribution in [0.5, 0.6) is 0 Å². The van der Waals surface area contributed by atoms with Crippen molar-refractivity contribution in [1.82, 2.24) is 0 Å². The third-order valence-electron chi connectivity index (χ3n) is 4.66. The van der Waals surface area contributed by atoms with Crippen LogP contribution in [-0.4, -0.2) is 22.0 Å². The molecule has 0 N–H and O–H groups in total. The normalized spacial score (nSPS) is 14.9. The second-order valence-electron chi connectivity index (χ2n) is 6.61. The van der Waals surface area contributed by atoms with E-state index in [-0.39, 0.29) is 22.8 Å². The summed E-state index contributed by atoms with van der Waals surface area (Å²) in [4.78, 5) is 26.4. The molecule has 0 fully saturated rings. The van der Waals surface area contributed by atoms with Crippen LogP contribution in [0, 0.1) is 6.92 Å². The van der Waals surface area contributed by atoms with Gasteiger partial charge in [0.25, 0.3) is 0 Å². The summed E-state index contributed by atoms with van der Waals surface area (Å²) in [6.45, 7) is 1.95. The van der Waals surface area contributed by atoms with Gasteiger partial charge < -0.3 is 0 Å². The number of fused-ring (bicyclic) bond motifs is 2. The van der Waals surface area contributed by atoms with E-state index in [2.05, 4.69) is 4.36 Å². The highest BCUT2D eigenvalue weighted by atomic mass is 32.2. The van der Waals surface area contributed by atoms with Gasteiger partial charge in [-0.3, -0.25) is 9.59 Å². The van der Waals surface area contributed by atoms with Crippen LogP contribution in [0.4, 0.5) is 5.69 Å². The van der Waals surface area contributed by atoms with Crippen LogP contribution in [0.3, 0.4) is 0 Å². The molecule has 4 rings (SSSR count). The van der Waals surface area contributed by atoms with Gasteiger partial charge in [0, 0.05) is 27.8 Å². The standard InChI is InChI=1S/C22H17NO3S/c1-14-10-12-15(13-11-14)27(2,26)23-19-9-5-8-18-20(19)22(25)17-7-4-3-6-16(17)21(18)24/h3-13H,1-2H3/t27-/m0/s1. The zero-order valence-corrected chi connectivity index (χ0v) is 15.7. The molecule has 3 aromatic carbocycles. The van der Waals surface area contributed by atoms with Gasteiger partial charge in [-0.1, -0.05) is 54.1 Å². The summed E-state index contributed by atoms with van der Waals surface area (Å²) in [6.07, 6.45) is 1.54. The molecule has 1 aliphatic carbocycles. The number of hydrogen-bond donors (Lipinski definition) is 0. The molecule has 134 valence electrons. The molecule has 0 saturated carbocycles. The molecule has 0 aromatic heterocycles. The Bertz CT molecular complexity index is 1220. The Morgan fingerprint density at radius 2 is 1.33 bits per heavy atom. The first-order valence-corrected chi connectivity index (χ1v) is 10.4. The number of carbonyl (C=O) groups excluding carboxylic acids is 2. The highest BCUT2D eigenvalue weighted by Gasteiger charge is 2.31. The smallest absolute Gasteiger partial charge is 0.196 e. The van der Waals surface area contributed by atoms with E-state index >= 15 is 0 Å². The highest BCUT2D eigenvalue weighted by Crippen LogP contribution is 2.34. The molecule has 1 aliphatic rings. The predicted octanol–water partition coefficient (Wildman–Crippen LogP) is 4.56. The molecule has 3 aromatic rings.